The molecule has 4 heteroatoms. The first-order chi connectivity index (χ1) is 6.31. The fourth-order valence-corrected chi connectivity index (χ4v) is 1.99. The van der Waals surface area contributed by atoms with E-state index in [1.54, 1.807) is 0 Å². The Morgan fingerprint density at radius 1 is 1.14 bits per heavy atom. The second-order valence-corrected chi connectivity index (χ2v) is 6.76. The van der Waals surface area contributed by atoms with Crippen LogP contribution in [0.3, 0.4) is 0 Å². The molecule has 0 saturated carbocycles. The van der Waals surface area contributed by atoms with Crippen molar-refractivity contribution in [2.45, 2.75) is 45.6 Å². The topological polar surface area (TPSA) is 60.2 Å². The van der Waals surface area contributed by atoms with Gasteiger partial charge < -0.3 is 5.73 Å². The van der Waals surface area contributed by atoms with Gasteiger partial charge in [0.1, 0.15) is 9.84 Å². The second kappa shape index (κ2) is 6.40. The average Bonchev–Trinajstić information content (AvgIpc) is 1.98. The van der Waals surface area contributed by atoms with E-state index >= 15 is 0 Å². The lowest BCUT2D eigenvalue weighted by atomic mass is 10.0. The van der Waals surface area contributed by atoms with Gasteiger partial charge in [0.2, 0.25) is 0 Å². The Balaban J connectivity index is 3.50. The standard InChI is InChI=1S/C10H23NO2S/c1-9(2)6-7-10(11)5-4-8-14(3,12)13/h9-10H,4-8,11H2,1-3H3. The van der Waals surface area contributed by atoms with Crippen molar-refractivity contribution in [2.24, 2.45) is 11.7 Å². The molecule has 0 saturated heterocycles. The van der Waals surface area contributed by atoms with Crippen LogP contribution in [0.4, 0.5) is 0 Å². The van der Waals surface area contributed by atoms with Crippen LogP contribution in [-0.4, -0.2) is 26.5 Å². The Kier molecular flexibility index (Phi) is 6.36. The summed E-state index contributed by atoms with van der Waals surface area (Å²) in [5, 5.41) is 0. The highest BCUT2D eigenvalue weighted by molar-refractivity contribution is 7.90. The third-order valence-electron chi connectivity index (χ3n) is 2.20. The molecule has 1 atom stereocenters. The molecule has 0 bridgehead atoms. The van der Waals surface area contributed by atoms with Crippen LogP contribution in [0.25, 0.3) is 0 Å². The first kappa shape index (κ1) is 13.9. The summed E-state index contributed by atoms with van der Waals surface area (Å²) in [7, 11) is -2.81. The molecule has 0 heterocycles. The number of sulfone groups is 1. The van der Waals surface area contributed by atoms with Crippen molar-refractivity contribution < 1.29 is 8.42 Å². The van der Waals surface area contributed by atoms with Gasteiger partial charge in [-0.2, -0.15) is 0 Å². The summed E-state index contributed by atoms with van der Waals surface area (Å²) < 4.78 is 21.7. The maximum atomic E-state index is 10.8. The minimum absolute atomic E-state index is 0.166. The summed E-state index contributed by atoms with van der Waals surface area (Å²) >= 11 is 0. The van der Waals surface area contributed by atoms with Gasteiger partial charge in [-0.1, -0.05) is 13.8 Å². The number of nitrogens with two attached hydrogens (primary N) is 1. The van der Waals surface area contributed by atoms with Crippen molar-refractivity contribution >= 4 is 9.84 Å². The molecule has 1 unspecified atom stereocenters. The molecule has 0 amide bonds. The lowest BCUT2D eigenvalue weighted by Gasteiger charge is -2.12. The Hall–Kier alpha value is -0.0900. The maximum absolute atomic E-state index is 10.8. The summed E-state index contributed by atoms with van der Waals surface area (Å²) in [6, 6.07) is 0.166. The normalized spacial score (nSPS) is 14.6. The van der Waals surface area contributed by atoms with E-state index in [9.17, 15) is 8.42 Å². The molecule has 14 heavy (non-hydrogen) atoms. The predicted octanol–water partition coefficient (Wildman–Crippen LogP) is 1.57. The monoisotopic (exact) mass is 221 g/mol. The Labute approximate surface area is 88.0 Å². The van der Waals surface area contributed by atoms with E-state index in [0.717, 1.165) is 19.3 Å². The summed E-state index contributed by atoms with van der Waals surface area (Å²) in [5.41, 5.74) is 5.86. The lowest BCUT2D eigenvalue weighted by Crippen LogP contribution is -2.21. The van der Waals surface area contributed by atoms with Crippen molar-refractivity contribution in [3.8, 4) is 0 Å². The first-order valence-electron chi connectivity index (χ1n) is 5.24. The van der Waals surface area contributed by atoms with E-state index in [-0.39, 0.29) is 11.8 Å². The summed E-state index contributed by atoms with van der Waals surface area (Å²) in [6.45, 7) is 4.34. The van der Waals surface area contributed by atoms with Crippen LogP contribution >= 0.6 is 0 Å². The second-order valence-electron chi connectivity index (χ2n) is 4.50. The largest absolute Gasteiger partial charge is 0.328 e. The highest BCUT2D eigenvalue weighted by atomic mass is 32.2. The van der Waals surface area contributed by atoms with Crippen LogP contribution in [0.1, 0.15) is 39.5 Å². The maximum Gasteiger partial charge on any atom is 0.147 e. The quantitative estimate of drug-likeness (QED) is 0.710. The van der Waals surface area contributed by atoms with Crippen molar-refractivity contribution in [3.05, 3.63) is 0 Å². The van der Waals surface area contributed by atoms with Crippen LogP contribution in [0.15, 0.2) is 0 Å². The van der Waals surface area contributed by atoms with Gasteiger partial charge >= 0.3 is 0 Å². The molecule has 0 aromatic heterocycles. The minimum Gasteiger partial charge on any atom is -0.328 e. The Morgan fingerprint density at radius 2 is 1.71 bits per heavy atom. The molecule has 0 fully saturated rings. The molecule has 0 rings (SSSR count). The van der Waals surface area contributed by atoms with Gasteiger partial charge in [-0.05, 0) is 31.6 Å². The average molecular weight is 221 g/mol. The van der Waals surface area contributed by atoms with E-state index in [1.165, 1.54) is 6.26 Å². The molecule has 0 aliphatic heterocycles. The van der Waals surface area contributed by atoms with Gasteiger partial charge in [-0.3, -0.25) is 0 Å². The van der Waals surface area contributed by atoms with E-state index in [1.807, 2.05) is 0 Å². The predicted molar refractivity (Wildman–Crippen MR) is 61.0 cm³/mol. The van der Waals surface area contributed by atoms with Gasteiger partial charge in [0.15, 0.2) is 0 Å². The van der Waals surface area contributed by atoms with Crippen molar-refractivity contribution in [1.29, 1.82) is 0 Å². The van der Waals surface area contributed by atoms with Crippen LogP contribution in [0, 0.1) is 5.92 Å². The zero-order valence-electron chi connectivity index (χ0n) is 9.49. The zero-order chi connectivity index (χ0) is 11.2. The summed E-state index contributed by atoms with van der Waals surface area (Å²) in [5.74, 6) is 0.943. The molecule has 0 spiro atoms. The molecule has 0 radical (unpaired) electrons. The molecule has 0 aromatic carbocycles. The SMILES string of the molecule is CC(C)CCC(N)CCCS(C)(=O)=O. The molecule has 0 aromatic rings. The Bertz CT molecular complexity index is 235. The molecule has 0 aliphatic rings. The van der Waals surface area contributed by atoms with Gasteiger partial charge in [-0.15, -0.1) is 0 Å². The van der Waals surface area contributed by atoms with Crippen LogP contribution in [0.2, 0.25) is 0 Å². The fourth-order valence-electron chi connectivity index (χ4n) is 1.30. The van der Waals surface area contributed by atoms with E-state index in [2.05, 4.69) is 13.8 Å². The van der Waals surface area contributed by atoms with Crippen LogP contribution in [0.5, 0.6) is 0 Å². The van der Waals surface area contributed by atoms with Crippen molar-refractivity contribution in [2.75, 3.05) is 12.0 Å². The van der Waals surface area contributed by atoms with E-state index in [0.29, 0.717) is 12.3 Å². The van der Waals surface area contributed by atoms with Crippen molar-refractivity contribution in [3.63, 3.8) is 0 Å². The Morgan fingerprint density at radius 3 is 2.14 bits per heavy atom. The van der Waals surface area contributed by atoms with Gasteiger partial charge in [0.25, 0.3) is 0 Å². The molecular formula is C10H23NO2S. The molecule has 86 valence electrons. The van der Waals surface area contributed by atoms with Crippen LogP contribution in [-0.2, 0) is 9.84 Å². The number of rotatable bonds is 7. The third-order valence-corrected chi connectivity index (χ3v) is 3.24. The van der Waals surface area contributed by atoms with Crippen molar-refractivity contribution in [1.82, 2.24) is 0 Å². The highest BCUT2D eigenvalue weighted by Gasteiger charge is 2.07. The highest BCUT2D eigenvalue weighted by Crippen LogP contribution is 2.09. The number of hydrogen-bond acceptors (Lipinski definition) is 3. The molecule has 2 N–H and O–H groups in total. The molecular weight excluding hydrogens is 198 g/mol. The van der Waals surface area contributed by atoms with E-state index in [4.69, 9.17) is 5.73 Å². The lowest BCUT2D eigenvalue weighted by molar-refractivity contribution is 0.475. The van der Waals surface area contributed by atoms with Gasteiger partial charge in [0.05, 0.1) is 0 Å². The third kappa shape index (κ3) is 9.99. The van der Waals surface area contributed by atoms with E-state index < -0.39 is 9.84 Å². The summed E-state index contributed by atoms with van der Waals surface area (Å²) in [4.78, 5) is 0. The smallest absolute Gasteiger partial charge is 0.147 e. The molecule has 0 aliphatic carbocycles. The number of hydrogen-bond donors (Lipinski definition) is 1. The first-order valence-corrected chi connectivity index (χ1v) is 7.30. The van der Waals surface area contributed by atoms with Gasteiger partial charge in [-0.25, -0.2) is 8.42 Å². The summed E-state index contributed by atoms with van der Waals surface area (Å²) in [6.07, 6.45) is 4.91. The fraction of sp³-hybridized carbons (Fsp3) is 1.00. The zero-order valence-corrected chi connectivity index (χ0v) is 10.3. The van der Waals surface area contributed by atoms with Crippen LogP contribution < -0.4 is 5.73 Å². The van der Waals surface area contributed by atoms with Gasteiger partial charge in [0, 0.05) is 18.1 Å². The minimum atomic E-state index is -2.81. The molecule has 3 nitrogen and oxygen atoms in total.